The third-order valence-corrected chi connectivity index (χ3v) is 8.43. The normalized spacial score (nSPS) is 20.6. The molecule has 0 radical (unpaired) electrons. The van der Waals surface area contributed by atoms with Crippen molar-refractivity contribution >= 4 is 50.6 Å². The molecule has 4 rings (SSSR count). The summed E-state index contributed by atoms with van der Waals surface area (Å²) in [4.78, 5) is 35.0. The number of aromatic nitrogens is 2. The van der Waals surface area contributed by atoms with Crippen molar-refractivity contribution in [3.63, 3.8) is 0 Å². The number of amides is 1. The molecule has 1 fully saturated rings. The van der Waals surface area contributed by atoms with Crippen LogP contribution in [0.15, 0.2) is 32.8 Å². The Morgan fingerprint density at radius 2 is 2.03 bits per heavy atom. The Labute approximate surface area is 189 Å². The zero-order valence-corrected chi connectivity index (χ0v) is 20.2. The minimum Gasteiger partial charge on any atom is -0.341 e. The van der Waals surface area contributed by atoms with Crippen molar-refractivity contribution in [1.82, 2.24) is 14.5 Å². The van der Waals surface area contributed by atoms with Crippen LogP contribution in [0.1, 0.15) is 34.1 Å². The first-order chi connectivity index (χ1) is 14.4. The van der Waals surface area contributed by atoms with E-state index in [9.17, 15) is 9.59 Å². The minimum absolute atomic E-state index is 0.0190. The third-order valence-electron chi connectivity index (χ3n) is 5.57. The van der Waals surface area contributed by atoms with Gasteiger partial charge in [0, 0.05) is 35.5 Å². The molecule has 5 nitrogen and oxygen atoms in total. The summed E-state index contributed by atoms with van der Waals surface area (Å²) in [7, 11) is 0. The molecule has 0 aromatic carbocycles. The van der Waals surface area contributed by atoms with Crippen LogP contribution in [0.3, 0.4) is 0 Å². The van der Waals surface area contributed by atoms with Crippen molar-refractivity contribution in [2.24, 2.45) is 11.8 Å². The fraction of sp³-hybridized carbons (Fsp3) is 0.500. The molecule has 30 heavy (non-hydrogen) atoms. The number of nitrogens with zero attached hydrogens (tertiary/aromatic N) is 3. The molecule has 4 heterocycles. The molecular weight excluding hydrogens is 434 g/mol. The number of carbonyl (C=O) groups excluding carboxylic acids is 1. The molecular formula is C22H27N3O2S3. The van der Waals surface area contributed by atoms with E-state index in [0.717, 1.165) is 28.4 Å². The summed E-state index contributed by atoms with van der Waals surface area (Å²) in [6, 6.07) is 4.03. The number of hydrogen-bond acceptors (Lipinski definition) is 6. The van der Waals surface area contributed by atoms with Crippen molar-refractivity contribution in [2.75, 3.05) is 13.1 Å². The molecule has 0 spiro atoms. The van der Waals surface area contributed by atoms with E-state index in [1.807, 2.05) is 41.6 Å². The van der Waals surface area contributed by atoms with E-state index in [2.05, 4.69) is 13.8 Å². The van der Waals surface area contributed by atoms with E-state index in [0.29, 0.717) is 28.9 Å². The lowest BCUT2D eigenvalue weighted by molar-refractivity contribution is -0.132. The van der Waals surface area contributed by atoms with Gasteiger partial charge in [-0.15, -0.1) is 22.7 Å². The second-order valence-electron chi connectivity index (χ2n) is 8.20. The molecule has 1 saturated heterocycles. The summed E-state index contributed by atoms with van der Waals surface area (Å²) < 4.78 is 1.71. The van der Waals surface area contributed by atoms with Crippen molar-refractivity contribution < 1.29 is 4.79 Å². The van der Waals surface area contributed by atoms with Crippen molar-refractivity contribution in [3.8, 4) is 10.4 Å². The predicted molar refractivity (Wildman–Crippen MR) is 128 cm³/mol. The van der Waals surface area contributed by atoms with Crippen molar-refractivity contribution in [1.29, 1.82) is 0 Å². The molecule has 3 aromatic heterocycles. The SMILES string of the molecule is CCn1c(S[C@@H](C)C(=O)N2C[C@H](C)C[C@H](C)C2)nc2scc(-c3cccs3)c2c1=O. The van der Waals surface area contributed by atoms with E-state index in [-0.39, 0.29) is 16.7 Å². The predicted octanol–water partition coefficient (Wildman–Crippen LogP) is 5.19. The van der Waals surface area contributed by atoms with Gasteiger partial charge in [-0.2, -0.15) is 0 Å². The lowest BCUT2D eigenvalue weighted by atomic mass is 9.92. The van der Waals surface area contributed by atoms with Gasteiger partial charge in [-0.1, -0.05) is 31.7 Å². The van der Waals surface area contributed by atoms with Crippen molar-refractivity contribution in [3.05, 3.63) is 33.2 Å². The maximum Gasteiger partial charge on any atom is 0.263 e. The number of thioether (sulfide) groups is 1. The summed E-state index contributed by atoms with van der Waals surface area (Å²) in [5.74, 6) is 1.20. The van der Waals surface area contributed by atoms with Crippen LogP contribution >= 0.6 is 34.4 Å². The highest BCUT2D eigenvalue weighted by Gasteiger charge is 2.29. The highest BCUT2D eigenvalue weighted by molar-refractivity contribution is 8.00. The number of thiophene rings is 2. The van der Waals surface area contributed by atoms with Gasteiger partial charge in [0.15, 0.2) is 5.16 Å². The smallest absolute Gasteiger partial charge is 0.263 e. The third kappa shape index (κ3) is 4.09. The van der Waals surface area contributed by atoms with E-state index >= 15 is 0 Å². The lowest BCUT2D eigenvalue weighted by Gasteiger charge is -2.36. The number of fused-ring (bicyclic) bond motifs is 1. The van der Waals surface area contributed by atoms with Gasteiger partial charge in [-0.25, -0.2) is 4.98 Å². The zero-order chi connectivity index (χ0) is 21.4. The molecule has 1 amide bonds. The van der Waals surface area contributed by atoms with Crippen molar-refractivity contribution in [2.45, 2.75) is 51.1 Å². The van der Waals surface area contributed by atoms with Crippen LogP contribution in [0.25, 0.3) is 20.7 Å². The molecule has 3 atom stereocenters. The van der Waals surface area contributed by atoms with E-state index in [4.69, 9.17) is 4.98 Å². The highest BCUT2D eigenvalue weighted by Crippen LogP contribution is 2.35. The first-order valence-electron chi connectivity index (χ1n) is 10.4. The maximum atomic E-state index is 13.3. The standard InChI is InChI=1S/C22H27N3O2S3/c1-5-25-21(27)18-16(17-7-6-8-28-17)12-29-19(18)23-22(25)30-15(4)20(26)24-10-13(2)9-14(3)11-24/h6-8,12-15H,5,9-11H2,1-4H3/t13-,14+,15-/m0/s1. The summed E-state index contributed by atoms with van der Waals surface area (Å²) in [6.45, 7) is 10.5. The monoisotopic (exact) mass is 461 g/mol. The Bertz CT molecular complexity index is 1090. The van der Waals surface area contributed by atoms with Crippen LogP contribution in [-0.4, -0.2) is 38.7 Å². The van der Waals surface area contributed by atoms with Gasteiger partial charge >= 0.3 is 0 Å². The lowest BCUT2D eigenvalue weighted by Crippen LogP contribution is -2.45. The summed E-state index contributed by atoms with van der Waals surface area (Å²) >= 11 is 4.53. The molecule has 0 unspecified atom stereocenters. The molecule has 160 valence electrons. The highest BCUT2D eigenvalue weighted by atomic mass is 32.2. The second kappa shape index (κ2) is 8.85. The second-order valence-corrected chi connectivity index (χ2v) is 11.3. The molecule has 0 N–H and O–H groups in total. The van der Waals surface area contributed by atoms with Gasteiger partial charge in [0.25, 0.3) is 5.56 Å². The molecule has 0 saturated carbocycles. The first-order valence-corrected chi connectivity index (χ1v) is 13.0. The van der Waals surface area contributed by atoms with Gasteiger partial charge in [0.05, 0.1) is 10.6 Å². The minimum atomic E-state index is -0.277. The van der Waals surface area contributed by atoms with Gasteiger partial charge in [-0.05, 0) is 43.6 Å². The fourth-order valence-corrected chi connectivity index (χ4v) is 7.16. The van der Waals surface area contributed by atoms with Crippen LogP contribution in [0, 0.1) is 11.8 Å². The van der Waals surface area contributed by atoms with Crippen LogP contribution in [0.4, 0.5) is 0 Å². The Morgan fingerprint density at radius 1 is 1.30 bits per heavy atom. The molecule has 8 heteroatoms. The number of likely N-dealkylation sites (tertiary alicyclic amines) is 1. The number of hydrogen-bond donors (Lipinski definition) is 0. The van der Waals surface area contributed by atoms with E-state index in [1.54, 1.807) is 15.9 Å². The maximum absolute atomic E-state index is 13.3. The summed E-state index contributed by atoms with van der Waals surface area (Å²) in [5.41, 5.74) is 0.941. The van der Waals surface area contributed by atoms with Gasteiger partial charge in [-0.3, -0.25) is 14.2 Å². The number of rotatable bonds is 5. The van der Waals surface area contributed by atoms with Gasteiger partial charge in [0.2, 0.25) is 5.91 Å². The quantitative estimate of drug-likeness (QED) is 0.387. The molecule has 3 aromatic rings. The molecule has 1 aliphatic heterocycles. The van der Waals surface area contributed by atoms with E-state index in [1.165, 1.54) is 29.5 Å². The van der Waals surface area contributed by atoms with Crippen LogP contribution in [0.2, 0.25) is 0 Å². The fourth-order valence-electron chi connectivity index (χ4n) is 4.30. The van der Waals surface area contributed by atoms with Gasteiger partial charge < -0.3 is 4.90 Å². The first kappa shape index (κ1) is 21.6. The Balaban J connectivity index is 1.64. The zero-order valence-electron chi connectivity index (χ0n) is 17.8. The molecule has 0 bridgehead atoms. The largest absolute Gasteiger partial charge is 0.341 e. The Kier molecular flexibility index (Phi) is 6.36. The number of carbonyl (C=O) groups is 1. The van der Waals surface area contributed by atoms with Crippen LogP contribution in [0.5, 0.6) is 0 Å². The molecule has 0 aliphatic carbocycles. The molecule has 1 aliphatic rings. The average Bonchev–Trinajstić information content (AvgIpc) is 3.36. The van der Waals surface area contributed by atoms with E-state index < -0.39 is 0 Å². The average molecular weight is 462 g/mol. The Hall–Kier alpha value is -1.64. The van der Waals surface area contributed by atoms with Gasteiger partial charge in [0.1, 0.15) is 4.83 Å². The number of piperidine rings is 1. The van der Waals surface area contributed by atoms with Crippen LogP contribution < -0.4 is 5.56 Å². The summed E-state index contributed by atoms with van der Waals surface area (Å²) in [6.07, 6.45) is 1.17. The Morgan fingerprint density at radius 3 is 2.67 bits per heavy atom. The van der Waals surface area contributed by atoms with Crippen LogP contribution in [-0.2, 0) is 11.3 Å². The topological polar surface area (TPSA) is 55.2 Å². The summed E-state index contributed by atoms with van der Waals surface area (Å²) in [5, 5.41) is 5.08.